The lowest BCUT2D eigenvalue weighted by Gasteiger charge is -2.14. The molecule has 0 bridgehead atoms. The monoisotopic (exact) mass is 279 g/mol. The lowest BCUT2D eigenvalue weighted by Crippen LogP contribution is -2.33. The van der Waals surface area contributed by atoms with Crippen LogP contribution in [0.1, 0.15) is 26.2 Å². The minimum atomic E-state index is -0.738. The second-order valence-corrected chi connectivity index (χ2v) is 5.75. The number of thioether (sulfide) groups is 1. The number of benzene rings is 1. The van der Waals surface area contributed by atoms with Crippen LogP contribution < -0.4 is 5.73 Å². The number of hydrogen-bond acceptors (Lipinski definition) is 5. The molecule has 0 aliphatic carbocycles. The van der Waals surface area contributed by atoms with Gasteiger partial charge in [0, 0.05) is 17.0 Å². The molecule has 5 nitrogen and oxygen atoms in total. The molecule has 0 spiro atoms. The molecular formula is C13H17N3O2S. The number of nitro groups is 1. The zero-order chi connectivity index (χ0) is 14.3. The van der Waals surface area contributed by atoms with Crippen molar-refractivity contribution in [3.8, 4) is 6.07 Å². The summed E-state index contributed by atoms with van der Waals surface area (Å²) in [6, 6.07) is 8.60. The van der Waals surface area contributed by atoms with Crippen molar-refractivity contribution in [2.75, 3.05) is 5.75 Å². The molecule has 0 amide bonds. The summed E-state index contributed by atoms with van der Waals surface area (Å²) in [5.74, 6) is 0.916. The van der Waals surface area contributed by atoms with Crippen LogP contribution in [0.2, 0.25) is 0 Å². The summed E-state index contributed by atoms with van der Waals surface area (Å²) in [6.45, 7) is 1.73. The summed E-state index contributed by atoms with van der Waals surface area (Å²) in [6.07, 6.45) is 2.56. The van der Waals surface area contributed by atoms with Crippen molar-refractivity contribution in [3.63, 3.8) is 0 Å². The summed E-state index contributed by atoms with van der Waals surface area (Å²) >= 11 is 1.65. The molecule has 1 rings (SSSR count). The van der Waals surface area contributed by atoms with Gasteiger partial charge in [-0.25, -0.2) is 0 Å². The van der Waals surface area contributed by atoms with Gasteiger partial charge in [-0.3, -0.25) is 10.1 Å². The third-order valence-electron chi connectivity index (χ3n) is 2.66. The number of non-ortho nitro benzene ring substituents is 1. The first-order valence-corrected chi connectivity index (χ1v) is 7.00. The fourth-order valence-corrected chi connectivity index (χ4v) is 2.42. The molecule has 0 aromatic heterocycles. The van der Waals surface area contributed by atoms with Crippen LogP contribution in [0.5, 0.6) is 0 Å². The van der Waals surface area contributed by atoms with E-state index in [1.54, 1.807) is 30.8 Å². The number of nitrogens with two attached hydrogens (primary N) is 1. The van der Waals surface area contributed by atoms with Gasteiger partial charge in [-0.05, 0) is 44.1 Å². The Morgan fingerprint density at radius 3 is 2.58 bits per heavy atom. The molecule has 0 heterocycles. The SMILES string of the molecule is CC(N)(C#N)CCCCSc1ccc([N+](=O)[O-])cc1. The molecule has 1 atom stereocenters. The Hall–Kier alpha value is -1.58. The third kappa shape index (κ3) is 5.73. The molecule has 0 saturated heterocycles. The first-order valence-electron chi connectivity index (χ1n) is 6.02. The molecule has 0 aliphatic rings. The van der Waals surface area contributed by atoms with Crippen LogP contribution >= 0.6 is 11.8 Å². The van der Waals surface area contributed by atoms with Crippen molar-refractivity contribution in [2.24, 2.45) is 5.73 Å². The number of unbranched alkanes of at least 4 members (excludes halogenated alkanes) is 1. The van der Waals surface area contributed by atoms with Gasteiger partial charge in [0.2, 0.25) is 0 Å². The first-order chi connectivity index (χ1) is 8.94. The molecule has 2 N–H and O–H groups in total. The number of nitro benzene ring substituents is 1. The van der Waals surface area contributed by atoms with E-state index in [1.165, 1.54) is 12.1 Å². The van der Waals surface area contributed by atoms with Crippen molar-refractivity contribution < 1.29 is 4.92 Å². The van der Waals surface area contributed by atoms with Gasteiger partial charge in [0.15, 0.2) is 0 Å². The Morgan fingerprint density at radius 2 is 2.05 bits per heavy atom. The van der Waals surface area contributed by atoms with Gasteiger partial charge >= 0.3 is 0 Å². The van der Waals surface area contributed by atoms with Crippen LogP contribution in [-0.4, -0.2) is 16.2 Å². The topological polar surface area (TPSA) is 93.0 Å². The smallest absolute Gasteiger partial charge is 0.269 e. The lowest BCUT2D eigenvalue weighted by atomic mass is 9.99. The van der Waals surface area contributed by atoms with Crippen LogP contribution in [0.4, 0.5) is 5.69 Å². The summed E-state index contributed by atoms with van der Waals surface area (Å²) in [5.41, 5.74) is 5.09. The molecule has 1 aromatic rings. The maximum atomic E-state index is 10.5. The highest BCUT2D eigenvalue weighted by atomic mass is 32.2. The van der Waals surface area contributed by atoms with Gasteiger partial charge in [-0.1, -0.05) is 0 Å². The lowest BCUT2D eigenvalue weighted by molar-refractivity contribution is -0.384. The maximum Gasteiger partial charge on any atom is 0.269 e. The van der Waals surface area contributed by atoms with Gasteiger partial charge in [0.1, 0.15) is 5.54 Å². The van der Waals surface area contributed by atoms with Crippen LogP contribution in [0, 0.1) is 21.4 Å². The Kier molecular flexibility index (Phi) is 5.80. The van der Waals surface area contributed by atoms with Gasteiger partial charge in [0.05, 0.1) is 11.0 Å². The Labute approximate surface area is 116 Å². The average molecular weight is 279 g/mol. The van der Waals surface area contributed by atoms with Crippen LogP contribution in [-0.2, 0) is 0 Å². The van der Waals surface area contributed by atoms with E-state index >= 15 is 0 Å². The van der Waals surface area contributed by atoms with E-state index in [2.05, 4.69) is 6.07 Å². The minimum absolute atomic E-state index is 0.109. The summed E-state index contributed by atoms with van der Waals surface area (Å²) in [7, 11) is 0. The largest absolute Gasteiger partial charge is 0.314 e. The van der Waals surface area contributed by atoms with Crippen molar-refractivity contribution in [1.29, 1.82) is 5.26 Å². The van der Waals surface area contributed by atoms with E-state index in [0.29, 0.717) is 6.42 Å². The summed E-state index contributed by atoms with van der Waals surface area (Å²) in [4.78, 5) is 11.1. The molecule has 6 heteroatoms. The van der Waals surface area contributed by atoms with Gasteiger partial charge in [-0.2, -0.15) is 5.26 Å². The van der Waals surface area contributed by atoms with Crippen molar-refractivity contribution in [3.05, 3.63) is 34.4 Å². The summed E-state index contributed by atoms with van der Waals surface area (Å²) < 4.78 is 0. The quantitative estimate of drug-likeness (QED) is 0.358. The van der Waals surface area contributed by atoms with Gasteiger partial charge in [0.25, 0.3) is 5.69 Å². The summed E-state index contributed by atoms with van der Waals surface area (Å²) in [5, 5.41) is 19.3. The highest BCUT2D eigenvalue weighted by Gasteiger charge is 2.15. The van der Waals surface area contributed by atoms with Crippen molar-refractivity contribution in [2.45, 2.75) is 36.6 Å². The number of hydrogen-bond donors (Lipinski definition) is 1. The molecule has 0 radical (unpaired) electrons. The third-order valence-corrected chi connectivity index (χ3v) is 3.76. The Morgan fingerprint density at radius 1 is 1.42 bits per heavy atom. The van der Waals surface area contributed by atoms with E-state index in [0.717, 1.165) is 23.5 Å². The fraction of sp³-hybridized carbons (Fsp3) is 0.462. The highest BCUT2D eigenvalue weighted by Crippen LogP contribution is 2.23. The predicted octanol–water partition coefficient (Wildman–Crippen LogP) is 3.10. The zero-order valence-corrected chi connectivity index (χ0v) is 11.7. The molecule has 1 aromatic carbocycles. The van der Waals surface area contributed by atoms with E-state index in [1.807, 2.05) is 0 Å². The van der Waals surface area contributed by atoms with E-state index in [4.69, 9.17) is 11.0 Å². The van der Waals surface area contributed by atoms with Crippen LogP contribution in [0.25, 0.3) is 0 Å². The average Bonchev–Trinajstić information content (AvgIpc) is 2.39. The Balaban J connectivity index is 2.27. The second kappa shape index (κ2) is 7.12. The molecule has 0 fully saturated rings. The molecule has 102 valence electrons. The molecule has 0 saturated carbocycles. The minimum Gasteiger partial charge on any atom is -0.314 e. The van der Waals surface area contributed by atoms with Gasteiger partial charge in [-0.15, -0.1) is 11.8 Å². The fourth-order valence-electron chi connectivity index (χ4n) is 1.50. The van der Waals surface area contributed by atoms with E-state index in [-0.39, 0.29) is 5.69 Å². The number of nitriles is 1. The highest BCUT2D eigenvalue weighted by molar-refractivity contribution is 7.99. The van der Waals surface area contributed by atoms with Crippen molar-refractivity contribution in [1.82, 2.24) is 0 Å². The normalized spacial score (nSPS) is 13.5. The molecule has 0 aliphatic heterocycles. The van der Waals surface area contributed by atoms with Crippen LogP contribution in [0.3, 0.4) is 0 Å². The number of nitrogens with zero attached hydrogens (tertiary/aromatic N) is 2. The number of rotatable bonds is 7. The molecular weight excluding hydrogens is 262 g/mol. The molecule has 19 heavy (non-hydrogen) atoms. The predicted molar refractivity (Wildman–Crippen MR) is 75.9 cm³/mol. The zero-order valence-electron chi connectivity index (χ0n) is 10.8. The molecule has 1 unspecified atom stereocenters. The maximum absolute atomic E-state index is 10.5. The first kappa shape index (κ1) is 15.5. The van der Waals surface area contributed by atoms with Gasteiger partial charge < -0.3 is 5.73 Å². The van der Waals surface area contributed by atoms with Crippen molar-refractivity contribution >= 4 is 17.4 Å². The van der Waals surface area contributed by atoms with E-state index in [9.17, 15) is 10.1 Å². The van der Waals surface area contributed by atoms with Crippen LogP contribution in [0.15, 0.2) is 29.2 Å². The van der Waals surface area contributed by atoms with E-state index < -0.39 is 10.5 Å². The standard InChI is InChI=1S/C13H17N3O2S/c1-13(15,10-14)8-2-3-9-19-12-6-4-11(5-7-12)16(17)18/h4-7H,2-3,8-9,15H2,1H3. The second-order valence-electron chi connectivity index (χ2n) is 4.59. The Bertz CT molecular complexity index is 466.